The molecule has 0 radical (unpaired) electrons. The first-order valence-corrected chi connectivity index (χ1v) is 7.52. The van der Waals surface area contributed by atoms with Crippen LogP contribution in [0.1, 0.15) is 22.0 Å². The summed E-state index contributed by atoms with van der Waals surface area (Å²) in [6, 6.07) is 11.1. The van der Waals surface area contributed by atoms with Gasteiger partial charge in [-0.1, -0.05) is 35.9 Å². The molecule has 1 aliphatic carbocycles. The Bertz CT molecular complexity index is 524. The van der Waals surface area contributed by atoms with Gasteiger partial charge in [-0.2, -0.15) is 0 Å². The normalized spacial score (nSPS) is 16.8. The minimum absolute atomic E-state index is 0.366. The first-order valence-electron chi connectivity index (χ1n) is 6.26. The van der Waals surface area contributed by atoms with Gasteiger partial charge in [0.1, 0.15) is 0 Å². The molecule has 0 bridgehead atoms. The van der Waals surface area contributed by atoms with Gasteiger partial charge in [-0.3, -0.25) is 0 Å². The Balaban J connectivity index is 1.86. The van der Waals surface area contributed by atoms with Crippen molar-refractivity contribution >= 4 is 22.9 Å². The molecule has 0 aliphatic heterocycles. The molecule has 0 saturated heterocycles. The van der Waals surface area contributed by atoms with E-state index >= 15 is 0 Å². The number of benzene rings is 1. The summed E-state index contributed by atoms with van der Waals surface area (Å²) in [4.78, 5) is 1.27. The quantitative estimate of drug-likeness (QED) is 0.891. The highest BCUT2D eigenvalue weighted by Crippen LogP contribution is 2.39. The number of nitrogens with one attached hydrogen (secondary N) is 1. The second kappa shape index (κ2) is 5.04. The van der Waals surface area contributed by atoms with Crippen LogP contribution in [-0.4, -0.2) is 7.05 Å². The van der Waals surface area contributed by atoms with E-state index in [0.717, 1.165) is 17.9 Å². The van der Waals surface area contributed by atoms with Crippen molar-refractivity contribution in [1.82, 2.24) is 5.32 Å². The van der Waals surface area contributed by atoms with Crippen LogP contribution in [0, 0.1) is 5.92 Å². The van der Waals surface area contributed by atoms with Crippen molar-refractivity contribution in [1.29, 1.82) is 0 Å². The van der Waals surface area contributed by atoms with Crippen molar-refractivity contribution in [3.05, 3.63) is 56.7 Å². The fraction of sp³-hybridized carbons (Fsp3) is 0.333. The van der Waals surface area contributed by atoms with E-state index in [1.807, 2.05) is 13.1 Å². The lowest BCUT2D eigenvalue weighted by Crippen LogP contribution is -2.25. The standard InChI is InChI=1S/C15H16ClNS/c1-17-14(15-13(16)6-7-18-15)12-8-10-4-2-3-5-11(10)9-12/h2-7,12,14,17H,8-9H2,1H3. The minimum atomic E-state index is 0.366. The summed E-state index contributed by atoms with van der Waals surface area (Å²) in [7, 11) is 2.03. The number of hydrogen-bond acceptors (Lipinski definition) is 2. The number of fused-ring (bicyclic) bond motifs is 1. The van der Waals surface area contributed by atoms with Gasteiger partial charge in [0.15, 0.2) is 0 Å². The fourth-order valence-electron chi connectivity index (χ4n) is 2.94. The Labute approximate surface area is 117 Å². The predicted molar refractivity (Wildman–Crippen MR) is 78.5 cm³/mol. The molecule has 1 atom stereocenters. The second-order valence-corrected chi connectivity index (χ2v) is 6.19. The smallest absolute Gasteiger partial charge is 0.0561 e. The maximum absolute atomic E-state index is 6.27. The molecule has 2 aromatic rings. The van der Waals surface area contributed by atoms with E-state index in [1.54, 1.807) is 11.3 Å². The molecule has 1 N–H and O–H groups in total. The molecule has 1 heterocycles. The van der Waals surface area contributed by atoms with E-state index in [9.17, 15) is 0 Å². The monoisotopic (exact) mass is 277 g/mol. The summed E-state index contributed by atoms with van der Waals surface area (Å²) in [6.07, 6.45) is 2.30. The zero-order valence-corrected chi connectivity index (χ0v) is 11.9. The van der Waals surface area contributed by atoms with Gasteiger partial charge in [-0.05, 0) is 48.4 Å². The zero-order valence-electron chi connectivity index (χ0n) is 10.3. The lowest BCUT2D eigenvalue weighted by molar-refractivity contribution is 0.402. The minimum Gasteiger partial charge on any atom is -0.312 e. The molecular weight excluding hydrogens is 262 g/mol. The van der Waals surface area contributed by atoms with Crippen LogP contribution in [0.4, 0.5) is 0 Å². The number of halogens is 1. The molecule has 94 valence electrons. The first-order chi connectivity index (χ1) is 8.79. The molecule has 1 aliphatic rings. The van der Waals surface area contributed by atoms with Crippen LogP contribution in [0.2, 0.25) is 5.02 Å². The van der Waals surface area contributed by atoms with Crippen LogP contribution in [0.15, 0.2) is 35.7 Å². The molecule has 1 aromatic heterocycles. The molecule has 0 fully saturated rings. The van der Waals surface area contributed by atoms with Crippen LogP contribution in [0.3, 0.4) is 0 Å². The van der Waals surface area contributed by atoms with E-state index in [1.165, 1.54) is 16.0 Å². The van der Waals surface area contributed by atoms with E-state index in [0.29, 0.717) is 12.0 Å². The maximum atomic E-state index is 6.27. The van der Waals surface area contributed by atoms with Gasteiger partial charge >= 0.3 is 0 Å². The SMILES string of the molecule is CNC(c1sccc1Cl)C1Cc2ccccc2C1. The number of thiophene rings is 1. The molecule has 3 rings (SSSR count). The van der Waals surface area contributed by atoms with E-state index < -0.39 is 0 Å². The Morgan fingerprint density at radius 1 is 1.22 bits per heavy atom. The van der Waals surface area contributed by atoms with E-state index in [-0.39, 0.29) is 0 Å². The summed E-state index contributed by atoms with van der Waals surface area (Å²) in [5.74, 6) is 0.614. The fourth-order valence-corrected chi connectivity index (χ4v) is 4.31. The van der Waals surface area contributed by atoms with Gasteiger partial charge in [0, 0.05) is 10.9 Å². The van der Waals surface area contributed by atoms with Crippen molar-refractivity contribution in [3.63, 3.8) is 0 Å². The van der Waals surface area contributed by atoms with Crippen molar-refractivity contribution < 1.29 is 0 Å². The van der Waals surface area contributed by atoms with E-state index in [4.69, 9.17) is 11.6 Å². The molecule has 18 heavy (non-hydrogen) atoms. The predicted octanol–water partition coefficient (Wildman–Crippen LogP) is 4.08. The molecule has 3 heteroatoms. The molecular formula is C15H16ClNS. The summed E-state index contributed by atoms with van der Waals surface area (Å²) in [5.41, 5.74) is 2.99. The van der Waals surface area contributed by atoms with Crippen LogP contribution >= 0.6 is 22.9 Å². The molecule has 1 aromatic carbocycles. The van der Waals surface area contributed by atoms with Gasteiger partial charge in [0.25, 0.3) is 0 Å². The number of rotatable bonds is 3. The van der Waals surface area contributed by atoms with Crippen molar-refractivity contribution in [2.75, 3.05) is 7.05 Å². The summed E-state index contributed by atoms with van der Waals surface area (Å²) in [5, 5.41) is 6.42. The van der Waals surface area contributed by atoms with Crippen molar-refractivity contribution in [2.45, 2.75) is 18.9 Å². The Morgan fingerprint density at radius 3 is 2.39 bits per heavy atom. The highest BCUT2D eigenvalue weighted by Gasteiger charge is 2.30. The second-order valence-electron chi connectivity index (χ2n) is 4.84. The first kappa shape index (κ1) is 12.2. The molecule has 0 spiro atoms. The number of hydrogen-bond donors (Lipinski definition) is 1. The van der Waals surface area contributed by atoms with Crippen LogP contribution in [0.25, 0.3) is 0 Å². The third-order valence-electron chi connectivity index (χ3n) is 3.79. The van der Waals surface area contributed by atoms with Crippen LogP contribution in [0.5, 0.6) is 0 Å². The zero-order chi connectivity index (χ0) is 12.5. The van der Waals surface area contributed by atoms with Crippen molar-refractivity contribution in [3.8, 4) is 0 Å². The summed E-state index contributed by atoms with van der Waals surface area (Å²) in [6.45, 7) is 0. The Hall–Kier alpha value is -0.830. The van der Waals surface area contributed by atoms with Gasteiger partial charge in [-0.25, -0.2) is 0 Å². The maximum Gasteiger partial charge on any atom is 0.0561 e. The Morgan fingerprint density at radius 2 is 1.89 bits per heavy atom. The average molecular weight is 278 g/mol. The summed E-state index contributed by atoms with van der Waals surface area (Å²) >= 11 is 8.03. The lowest BCUT2D eigenvalue weighted by Gasteiger charge is -2.22. The van der Waals surface area contributed by atoms with Gasteiger partial charge in [0.2, 0.25) is 0 Å². The topological polar surface area (TPSA) is 12.0 Å². The van der Waals surface area contributed by atoms with Gasteiger partial charge < -0.3 is 5.32 Å². The lowest BCUT2D eigenvalue weighted by atomic mass is 9.95. The van der Waals surface area contributed by atoms with Crippen LogP contribution in [-0.2, 0) is 12.8 Å². The largest absolute Gasteiger partial charge is 0.312 e. The van der Waals surface area contributed by atoms with Gasteiger partial charge in [-0.15, -0.1) is 11.3 Å². The van der Waals surface area contributed by atoms with E-state index in [2.05, 4.69) is 35.0 Å². The van der Waals surface area contributed by atoms with Crippen molar-refractivity contribution in [2.24, 2.45) is 5.92 Å². The third-order valence-corrected chi connectivity index (χ3v) is 5.23. The Kier molecular flexibility index (Phi) is 3.42. The molecule has 1 nitrogen and oxygen atoms in total. The highest BCUT2D eigenvalue weighted by atomic mass is 35.5. The third kappa shape index (κ3) is 2.09. The van der Waals surface area contributed by atoms with Gasteiger partial charge in [0.05, 0.1) is 5.02 Å². The average Bonchev–Trinajstić information content (AvgIpc) is 2.97. The van der Waals surface area contributed by atoms with Crippen LogP contribution < -0.4 is 5.32 Å². The molecule has 1 unspecified atom stereocenters. The highest BCUT2D eigenvalue weighted by molar-refractivity contribution is 7.10. The summed E-state index contributed by atoms with van der Waals surface area (Å²) < 4.78 is 0. The molecule has 0 amide bonds. The molecule has 0 saturated carbocycles.